The van der Waals surface area contributed by atoms with Crippen molar-refractivity contribution in [2.75, 3.05) is 13.2 Å². The maximum absolute atomic E-state index is 10.5. The van der Waals surface area contributed by atoms with Crippen molar-refractivity contribution in [2.45, 2.75) is 6.42 Å². The fourth-order valence-electron chi connectivity index (χ4n) is 0.394. The van der Waals surface area contributed by atoms with Gasteiger partial charge in [-0.2, -0.15) is 5.26 Å². The summed E-state index contributed by atoms with van der Waals surface area (Å²) >= 11 is 0. The van der Waals surface area contributed by atoms with Crippen molar-refractivity contribution in [1.29, 1.82) is 5.26 Å². The van der Waals surface area contributed by atoms with Crippen LogP contribution in [0.25, 0.3) is 0 Å². The fraction of sp³-hybridized carbons (Fsp3) is 0.429. The molecule has 0 atom stereocenters. The molecule has 0 aliphatic rings. The van der Waals surface area contributed by atoms with E-state index in [1.807, 2.05) is 6.07 Å². The molecule has 0 rings (SSSR count). The summed E-state index contributed by atoms with van der Waals surface area (Å²) in [6.07, 6.45) is 2.59. The third kappa shape index (κ3) is 6.55. The Morgan fingerprint density at radius 3 is 3.00 bits per heavy atom. The number of carbonyl (C=O) groups excluding carboxylic acids is 1. The number of aliphatic hydroxyl groups is 1. The Morgan fingerprint density at radius 1 is 1.73 bits per heavy atom. The van der Waals surface area contributed by atoms with Gasteiger partial charge in [0.05, 0.1) is 19.1 Å². The zero-order valence-electron chi connectivity index (χ0n) is 5.99. The van der Waals surface area contributed by atoms with Crippen LogP contribution in [0.3, 0.4) is 0 Å². The van der Waals surface area contributed by atoms with Crippen LogP contribution in [0.4, 0.5) is 0 Å². The highest BCUT2D eigenvalue weighted by Gasteiger charge is 1.93. The van der Waals surface area contributed by atoms with Crippen molar-refractivity contribution in [1.82, 2.24) is 0 Å². The molecule has 0 unspecified atom stereocenters. The van der Waals surface area contributed by atoms with Crippen molar-refractivity contribution >= 4 is 5.97 Å². The molecule has 0 saturated carbocycles. The Bertz CT molecular complexity index is 181. The fourth-order valence-corrected chi connectivity index (χ4v) is 0.394. The van der Waals surface area contributed by atoms with E-state index >= 15 is 0 Å². The predicted molar refractivity (Wildman–Crippen MR) is 37.4 cm³/mol. The number of esters is 1. The number of ether oxygens (including phenoxy) is 1. The molecule has 0 aromatic heterocycles. The lowest BCUT2D eigenvalue weighted by molar-refractivity contribution is -0.137. The van der Waals surface area contributed by atoms with E-state index in [0.29, 0.717) is 0 Å². The van der Waals surface area contributed by atoms with Crippen LogP contribution < -0.4 is 0 Å². The molecule has 11 heavy (non-hydrogen) atoms. The smallest absolute Gasteiger partial charge is 0.330 e. The highest BCUT2D eigenvalue weighted by molar-refractivity contribution is 5.81. The van der Waals surface area contributed by atoms with Crippen molar-refractivity contribution in [3.8, 4) is 6.07 Å². The summed E-state index contributed by atoms with van der Waals surface area (Å²) in [5, 5.41) is 16.3. The molecule has 0 aliphatic carbocycles. The predicted octanol–water partition coefficient (Wildman–Crippen LogP) is -0.00822. The molecule has 0 spiro atoms. The summed E-state index contributed by atoms with van der Waals surface area (Å²) in [6, 6.07) is 1.83. The minimum Gasteiger partial charge on any atom is -0.461 e. The first kappa shape index (κ1) is 9.66. The average Bonchev–Trinajstić information content (AvgIpc) is 2.01. The summed E-state index contributed by atoms with van der Waals surface area (Å²) in [7, 11) is 0. The van der Waals surface area contributed by atoms with Crippen molar-refractivity contribution in [3.63, 3.8) is 0 Å². The van der Waals surface area contributed by atoms with Gasteiger partial charge in [-0.25, -0.2) is 4.79 Å². The van der Waals surface area contributed by atoms with E-state index in [0.717, 1.165) is 6.08 Å². The second kappa shape index (κ2) is 6.78. The number of carbonyl (C=O) groups is 1. The number of aliphatic hydroxyl groups excluding tert-OH is 1. The normalized spacial score (nSPS) is 9.45. The quantitative estimate of drug-likeness (QED) is 0.352. The Morgan fingerprint density at radius 2 is 2.45 bits per heavy atom. The van der Waals surface area contributed by atoms with Crippen LogP contribution in [0.5, 0.6) is 0 Å². The molecule has 0 heterocycles. The summed E-state index contributed by atoms with van der Waals surface area (Å²) in [5.41, 5.74) is 0. The van der Waals surface area contributed by atoms with E-state index in [1.165, 1.54) is 6.08 Å². The van der Waals surface area contributed by atoms with E-state index in [9.17, 15) is 4.79 Å². The zero-order valence-corrected chi connectivity index (χ0v) is 5.99. The van der Waals surface area contributed by atoms with Crippen LogP contribution in [0, 0.1) is 11.3 Å². The van der Waals surface area contributed by atoms with Gasteiger partial charge in [-0.1, -0.05) is 6.08 Å². The van der Waals surface area contributed by atoms with Gasteiger partial charge in [-0.15, -0.1) is 0 Å². The maximum atomic E-state index is 10.5. The second-order valence-electron chi connectivity index (χ2n) is 1.66. The molecule has 0 bridgehead atoms. The summed E-state index contributed by atoms with van der Waals surface area (Å²) in [4.78, 5) is 10.5. The molecule has 0 aromatic rings. The summed E-state index contributed by atoms with van der Waals surface area (Å²) < 4.78 is 4.53. The van der Waals surface area contributed by atoms with Gasteiger partial charge in [0.15, 0.2) is 0 Å². The van der Waals surface area contributed by atoms with E-state index in [2.05, 4.69) is 4.74 Å². The molecular formula is C7H9NO3. The molecule has 0 amide bonds. The lowest BCUT2D eigenvalue weighted by Crippen LogP contribution is -2.01. The third-order valence-corrected chi connectivity index (χ3v) is 0.818. The maximum Gasteiger partial charge on any atom is 0.330 e. The summed E-state index contributed by atoms with van der Waals surface area (Å²) in [6.45, 7) is -0.0849. The molecule has 0 aliphatic heterocycles. The van der Waals surface area contributed by atoms with Gasteiger partial charge in [0.1, 0.15) is 6.61 Å². The lowest BCUT2D eigenvalue weighted by atomic mass is 10.5. The highest BCUT2D eigenvalue weighted by atomic mass is 16.5. The van der Waals surface area contributed by atoms with Crippen LogP contribution in [0.1, 0.15) is 6.42 Å². The van der Waals surface area contributed by atoms with E-state index in [4.69, 9.17) is 10.4 Å². The van der Waals surface area contributed by atoms with E-state index in [-0.39, 0.29) is 19.6 Å². The molecule has 4 nitrogen and oxygen atoms in total. The molecule has 0 radical (unpaired) electrons. The number of hydrogen-bond acceptors (Lipinski definition) is 4. The van der Waals surface area contributed by atoms with Gasteiger partial charge in [-0.05, 0) is 0 Å². The number of nitriles is 1. The van der Waals surface area contributed by atoms with Gasteiger partial charge >= 0.3 is 5.97 Å². The van der Waals surface area contributed by atoms with Gasteiger partial charge in [0.2, 0.25) is 0 Å². The number of hydrogen-bond donors (Lipinski definition) is 1. The van der Waals surface area contributed by atoms with Crippen LogP contribution in [-0.4, -0.2) is 24.3 Å². The van der Waals surface area contributed by atoms with Crippen LogP contribution in [0.2, 0.25) is 0 Å². The zero-order chi connectivity index (χ0) is 8.53. The number of rotatable bonds is 4. The lowest BCUT2D eigenvalue weighted by Gasteiger charge is -1.94. The van der Waals surface area contributed by atoms with Crippen molar-refractivity contribution in [2.24, 2.45) is 0 Å². The van der Waals surface area contributed by atoms with Crippen LogP contribution in [-0.2, 0) is 9.53 Å². The second-order valence-corrected chi connectivity index (χ2v) is 1.66. The third-order valence-electron chi connectivity index (χ3n) is 0.818. The first-order valence-corrected chi connectivity index (χ1v) is 3.12. The first-order chi connectivity index (χ1) is 5.31. The summed E-state index contributed by atoms with van der Waals surface area (Å²) in [5.74, 6) is -0.533. The molecule has 4 heteroatoms. The van der Waals surface area contributed by atoms with Gasteiger partial charge in [0, 0.05) is 6.08 Å². The molecule has 60 valence electrons. The minimum absolute atomic E-state index is 0.102. The van der Waals surface area contributed by atoms with Gasteiger partial charge < -0.3 is 9.84 Å². The molecule has 0 fully saturated rings. The van der Waals surface area contributed by atoms with Crippen LogP contribution >= 0.6 is 0 Å². The Kier molecular flexibility index (Phi) is 5.95. The first-order valence-electron chi connectivity index (χ1n) is 3.12. The topological polar surface area (TPSA) is 70.3 Å². The molecule has 1 N–H and O–H groups in total. The molecule has 0 saturated heterocycles. The van der Waals surface area contributed by atoms with Gasteiger partial charge in [0.25, 0.3) is 0 Å². The average molecular weight is 155 g/mol. The largest absolute Gasteiger partial charge is 0.461 e. The van der Waals surface area contributed by atoms with Gasteiger partial charge in [-0.3, -0.25) is 0 Å². The Labute approximate surface area is 64.7 Å². The van der Waals surface area contributed by atoms with E-state index < -0.39 is 5.97 Å². The SMILES string of the molecule is N#CCCOC(=O)/C=C/CO. The Balaban J connectivity index is 3.39. The molecular weight excluding hydrogens is 146 g/mol. The Hall–Kier alpha value is -1.34. The van der Waals surface area contributed by atoms with Crippen LogP contribution in [0.15, 0.2) is 12.2 Å². The van der Waals surface area contributed by atoms with Crippen molar-refractivity contribution < 1.29 is 14.6 Å². The molecule has 0 aromatic carbocycles. The number of nitrogens with zero attached hydrogens (tertiary/aromatic N) is 1. The van der Waals surface area contributed by atoms with Crippen molar-refractivity contribution in [3.05, 3.63) is 12.2 Å². The standard InChI is InChI=1S/C7H9NO3/c8-4-2-6-11-7(10)3-1-5-9/h1,3,9H,2,5-6H2/b3-1+. The van der Waals surface area contributed by atoms with E-state index in [1.54, 1.807) is 0 Å². The highest BCUT2D eigenvalue weighted by Crippen LogP contribution is 1.83. The minimum atomic E-state index is -0.533. The monoisotopic (exact) mass is 155 g/mol.